The Balaban J connectivity index is 1.84. The highest BCUT2D eigenvalue weighted by atomic mass is 32.1. The zero-order valence-corrected chi connectivity index (χ0v) is 18.8. The number of nitrogen functional groups attached to an aromatic ring is 1. The van der Waals surface area contributed by atoms with Gasteiger partial charge in [0.05, 0.1) is 23.4 Å². The van der Waals surface area contributed by atoms with E-state index in [9.17, 15) is 18.4 Å². The zero-order valence-electron chi connectivity index (χ0n) is 18.0. The van der Waals surface area contributed by atoms with Gasteiger partial charge in [0.15, 0.2) is 6.17 Å². The van der Waals surface area contributed by atoms with Gasteiger partial charge in [-0.25, -0.2) is 8.78 Å². The molecule has 1 heterocycles. The summed E-state index contributed by atoms with van der Waals surface area (Å²) >= 11 is 1.32. The minimum atomic E-state index is -1.11. The summed E-state index contributed by atoms with van der Waals surface area (Å²) in [5.41, 5.74) is 12.8. The molecule has 10 heteroatoms. The van der Waals surface area contributed by atoms with Crippen LogP contribution in [0.1, 0.15) is 39.3 Å². The molecule has 0 saturated carbocycles. The molecule has 33 heavy (non-hydrogen) atoms. The van der Waals surface area contributed by atoms with Gasteiger partial charge >= 0.3 is 0 Å². The van der Waals surface area contributed by atoms with E-state index in [0.717, 1.165) is 12.1 Å². The fourth-order valence-corrected chi connectivity index (χ4v) is 4.16. The van der Waals surface area contributed by atoms with Crippen molar-refractivity contribution in [3.8, 4) is 0 Å². The molecule has 0 saturated heterocycles. The molecule has 3 aromatic rings. The summed E-state index contributed by atoms with van der Waals surface area (Å²) in [6.45, 7) is 0.0699. The van der Waals surface area contributed by atoms with Gasteiger partial charge in [-0.15, -0.1) is 11.3 Å². The average Bonchev–Trinajstić information content (AvgIpc) is 3.33. The molecule has 0 bridgehead atoms. The molecular formula is C23H26F2N5O2S+. The third kappa shape index (κ3) is 5.72. The minimum absolute atomic E-state index is 0.0632. The number of carbonyl (C=O) groups excluding carboxylic acids is 2. The normalized spacial score (nSPS) is 12.7. The smallest absolute Gasteiger partial charge is 0.266 e. The van der Waals surface area contributed by atoms with Gasteiger partial charge in [0, 0.05) is 16.9 Å². The number of amides is 2. The van der Waals surface area contributed by atoms with Crippen molar-refractivity contribution in [2.45, 2.75) is 18.5 Å². The van der Waals surface area contributed by atoms with Crippen LogP contribution < -0.4 is 27.4 Å². The second-order valence-corrected chi connectivity index (χ2v) is 8.31. The number of hydrogen-bond acceptors (Lipinski definition) is 5. The van der Waals surface area contributed by atoms with Crippen molar-refractivity contribution in [1.82, 2.24) is 5.32 Å². The molecule has 0 radical (unpaired) electrons. The van der Waals surface area contributed by atoms with Gasteiger partial charge in [-0.2, -0.15) is 0 Å². The van der Waals surface area contributed by atoms with Crippen LogP contribution in [0.5, 0.6) is 0 Å². The van der Waals surface area contributed by atoms with Gasteiger partial charge in [0.25, 0.3) is 5.91 Å². The lowest BCUT2D eigenvalue weighted by Gasteiger charge is -2.20. The molecule has 0 fully saturated rings. The van der Waals surface area contributed by atoms with Crippen LogP contribution in [0.15, 0.2) is 53.9 Å². The van der Waals surface area contributed by atoms with E-state index < -0.39 is 29.6 Å². The van der Waals surface area contributed by atoms with Crippen LogP contribution in [0.25, 0.3) is 0 Å². The molecule has 2 unspecified atom stereocenters. The van der Waals surface area contributed by atoms with Crippen molar-refractivity contribution in [3.63, 3.8) is 0 Å². The predicted octanol–water partition coefficient (Wildman–Crippen LogP) is 2.30. The van der Waals surface area contributed by atoms with Crippen molar-refractivity contribution in [2.75, 3.05) is 24.6 Å². The van der Waals surface area contributed by atoms with Crippen molar-refractivity contribution < 1.29 is 23.7 Å². The summed E-state index contributed by atoms with van der Waals surface area (Å²) in [6, 6.07) is 11.8. The molecule has 7 nitrogen and oxygen atoms in total. The first kappa shape index (κ1) is 24.3. The standard InChI is InChI=1S/C23H25F2N5O2S/c1-28-21(30-23(32)19-6-3-11-33-19)15-12-13(7-8-18(15)27)29-22(31)14(9-10-26)20-16(24)4-2-5-17(20)25/h2-8,11-12,14,21,28H,9-10,26-27H2,1H3,(H,29,31)(H,30,32)/p+1. The summed E-state index contributed by atoms with van der Waals surface area (Å²) in [5.74, 6) is -3.57. The summed E-state index contributed by atoms with van der Waals surface area (Å²) in [4.78, 5) is 26.0. The van der Waals surface area contributed by atoms with Crippen molar-refractivity contribution >= 4 is 34.5 Å². The predicted molar refractivity (Wildman–Crippen MR) is 125 cm³/mol. The van der Waals surface area contributed by atoms with E-state index in [1.54, 1.807) is 48.1 Å². The number of hydrogen-bond donors (Lipinski definition) is 5. The van der Waals surface area contributed by atoms with Crippen molar-refractivity contribution in [3.05, 3.63) is 81.5 Å². The maximum Gasteiger partial charge on any atom is 0.266 e. The number of thiophene rings is 1. The molecule has 0 aliphatic carbocycles. The van der Waals surface area contributed by atoms with Gasteiger partial charge in [-0.05, 0) is 54.7 Å². The SMILES string of the molecule is C[NH2+]C(NC(=O)c1cccs1)c1cc(NC(=O)C(CCN)c2c(F)cccc2F)ccc1N. The van der Waals surface area contributed by atoms with E-state index in [1.807, 2.05) is 0 Å². The van der Waals surface area contributed by atoms with Crippen LogP contribution in [0.3, 0.4) is 0 Å². The Morgan fingerprint density at radius 3 is 2.45 bits per heavy atom. The lowest BCUT2D eigenvalue weighted by molar-refractivity contribution is -0.673. The Bertz CT molecular complexity index is 1100. The van der Waals surface area contributed by atoms with E-state index in [2.05, 4.69) is 10.6 Å². The number of benzene rings is 2. The van der Waals surface area contributed by atoms with E-state index in [4.69, 9.17) is 11.5 Å². The van der Waals surface area contributed by atoms with Crippen LogP contribution in [-0.4, -0.2) is 25.4 Å². The monoisotopic (exact) mass is 474 g/mol. The Kier molecular flexibility index (Phi) is 8.10. The Morgan fingerprint density at radius 1 is 1.12 bits per heavy atom. The fourth-order valence-electron chi connectivity index (χ4n) is 3.53. The molecule has 3 rings (SSSR count). The molecule has 0 spiro atoms. The first-order valence-electron chi connectivity index (χ1n) is 10.3. The molecular weight excluding hydrogens is 448 g/mol. The topological polar surface area (TPSA) is 127 Å². The highest BCUT2D eigenvalue weighted by molar-refractivity contribution is 7.12. The molecule has 2 amide bonds. The molecule has 2 atom stereocenters. The zero-order chi connectivity index (χ0) is 24.0. The number of rotatable bonds is 9. The summed E-state index contributed by atoms with van der Waals surface area (Å²) < 4.78 is 28.6. The third-order valence-electron chi connectivity index (χ3n) is 5.17. The number of anilines is 2. The highest BCUT2D eigenvalue weighted by Gasteiger charge is 2.27. The van der Waals surface area contributed by atoms with Gasteiger partial charge in [-0.1, -0.05) is 12.1 Å². The molecule has 8 N–H and O–H groups in total. The highest BCUT2D eigenvalue weighted by Crippen LogP contribution is 2.28. The summed E-state index contributed by atoms with van der Waals surface area (Å²) in [5, 5.41) is 9.18. The Labute approximate surface area is 194 Å². The lowest BCUT2D eigenvalue weighted by Crippen LogP contribution is -2.84. The number of nitrogens with two attached hydrogens (primary N) is 3. The number of halogens is 2. The molecule has 1 aromatic heterocycles. The van der Waals surface area contributed by atoms with E-state index >= 15 is 0 Å². The van der Waals surface area contributed by atoms with Gasteiger partial charge < -0.3 is 22.1 Å². The minimum Gasteiger partial charge on any atom is -0.398 e. The van der Waals surface area contributed by atoms with E-state index in [0.29, 0.717) is 21.8 Å². The molecule has 2 aromatic carbocycles. The van der Waals surface area contributed by atoms with Crippen LogP contribution in [0.4, 0.5) is 20.2 Å². The molecule has 174 valence electrons. The number of carbonyl (C=O) groups is 2. The molecule has 0 aliphatic heterocycles. The third-order valence-corrected chi connectivity index (χ3v) is 6.04. The second kappa shape index (κ2) is 11.0. The first-order valence-corrected chi connectivity index (χ1v) is 11.2. The van der Waals surface area contributed by atoms with Crippen molar-refractivity contribution in [1.29, 1.82) is 0 Å². The van der Waals surface area contributed by atoms with Gasteiger partial charge in [-0.3, -0.25) is 14.9 Å². The second-order valence-electron chi connectivity index (χ2n) is 7.36. The maximum atomic E-state index is 14.3. The first-order chi connectivity index (χ1) is 15.8. The van der Waals surface area contributed by atoms with Crippen LogP contribution >= 0.6 is 11.3 Å². The fraction of sp³-hybridized carbons (Fsp3) is 0.217. The Morgan fingerprint density at radius 2 is 1.85 bits per heavy atom. The number of quaternary nitrogens is 1. The van der Waals surface area contributed by atoms with Gasteiger partial charge in [0.1, 0.15) is 11.6 Å². The van der Waals surface area contributed by atoms with Gasteiger partial charge in [0.2, 0.25) is 5.91 Å². The van der Waals surface area contributed by atoms with E-state index in [-0.39, 0.29) is 24.4 Å². The quantitative estimate of drug-likeness (QED) is 0.241. The Hall–Kier alpha value is -3.34. The average molecular weight is 475 g/mol. The molecule has 0 aliphatic rings. The summed E-state index contributed by atoms with van der Waals surface area (Å²) in [6.07, 6.45) is -0.450. The van der Waals surface area contributed by atoms with Crippen LogP contribution in [0, 0.1) is 11.6 Å². The largest absolute Gasteiger partial charge is 0.398 e. The van der Waals surface area contributed by atoms with E-state index in [1.165, 1.54) is 17.4 Å². The lowest BCUT2D eigenvalue weighted by atomic mass is 9.93. The number of nitrogens with one attached hydrogen (secondary N) is 2. The van der Waals surface area contributed by atoms with Crippen molar-refractivity contribution in [2.24, 2.45) is 5.73 Å². The van der Waals surface area contributed by atoms with Crippen LogP contribution in [-0.2, 0) is 4.79 Å². The van der Waals surface area contributed by atoms with Crippen LogP contribution in [0.2, 0.25) is 0 Å². The maximum absolute atomic E-state index is 14.3. The summed E-state index contributed by atoms with van der Waals surface area (Å²) in [7, 11) is 1.78.